The van der Waals surface area contributed by atoms with Crippen LogP contribution in [0.5, 0.6) is 0 Å². The molecule has 1 aromatic carbocycles. The first kappa shape index (κ1) is 16.3. The lowest BCUT2D eigenvalue weighted by molar-refractivity contribution is -0.141. The zero-order chi connectivity index (χ0) is 17.4. The van der Waals surface area contributed by atoms with Crippen LogP contribution in [0, 0.1) is 13.8 Å². The summed E-state index contributed by atoms with van der Waals surface area (Å²) < 4.78 is 5.54. The second-order valence-electron chi connectivity index (χ2n) is 7.08. The largest absolute Gasteiger partial charge is 0.368 e. The number of aryl methyl sites for hydroxylation is 2. The number of nitrogens with zero attached hydrogens (tertiary/aromatic N) is 3. The van der Waals surface area contributed by atoms with Gasteiger partial charge >= 0.3 is 0 Å². The fourth-order valence-corrected chi connectivity index (χ4v) is 3.84. The van der Waals surface area contributed by atoms with Crippen LogP contribution < -0.4 is 4.90 Å². The van der Waals surface area contributed by atoms with Gasteiger partial charge in [-0.2, -0.15) is 0 Å². The highest BCUT2D eigenvalue weighted by Crippen LogP contribution is 2.25. The van der Waals surface area contributed by atoms with Crippen molar-refractivity contribution in [2.24, 2.45) is 0 Å². The third kappa shape index (κ3) is 3.09. The first-order valence-corrected chi connectivity index (χ1v) is 9.16. The average molecular weight is 339 g/mol. The van der Waals surface area contributed by atoms with Crippen molar-refractivity contribution >= 4 is 22.6 Å². The molecule has 4 rings (SSSR count). The van der Waals surface area contributed by atoms with Crippen molar-refractivity contribution in [1.29, 1.82) is 0 Å². The zero-order valence-corrected chi connectivity index (χ0v) is 15.0. The topological polar surface area (TPSA) is 45.7 Å². The molecule has 1 atom stereocenters. The summed E-state index contributed by atoms with van der Waals surface area (Å²) in [6, 6.07) is 8.49. The molecule has 0 spiro atoms. The summed E-state index contributed by atoms with van der Waals surface area (Å²) in [4.78, 5) is 21.6. The van der Waals surface area contributed by atoms with E-state index in [1.54, 1.807) is 0 Å². The second-order valence-corrected chi connectivity index (χ2v) is 7.08. The van der Waals surface area contributed by atoms with Gasteiger partial charge in [0.1, 0.15) is 11.9 Å². The molecular formula is C20H25N3O2. The van der Waals surface area contributed by atoms with Crippen LogP contribution in [-0.4, -0.2) is 54.7 Å². The molecule has 132 valence electrons. The summed E-state index contributed by atoms with van der Waals surface area (Å²) >= 11 is 0. The smallest absolute Gasteiger partial charge is 0.251 e. The summed E-state index contributed by atoms with van der Waals surface area (Å²) in [6.07, 6.45) is 1.65. The van der Waals surface area contributed by atoms with E-state index in [9.17, 15) is 4.79 Å². The predicted molar refractivity (Wildman–Crippen MR) is 99.0 cm³/mol. The lowest BCUT2D eigenvalue weighted by Gasteiger charge is -2.36. The number of aromatic nitrogens is 1. The van der Waals surface area contributed by atoms with Crippen LogP contribution in [0.2, 0.25) is 0 Å². The van der Waals surface area contributed by atoms with Crippen LogP contribution in [0.25, 0.3) is 10.9 Å². The lowest BCUT2D eigenvalue weighted by atomic mass is 10.1. The summed E-state index contributed by atoms with van der Waals surface area (Å²) in [5.41, 5.74) is 3.53. The predicted octanol–water partition coefficient (Wildman–Crippen LogP) is 2.68. The maximum Gasteiger partial charge on any atom is 0.251 e. The van der Waals surface area contributed by atoms with Crippen LogP contribution in [-0.2, 0) is 9.53 Å². The van der Waals surface area contributed by atoms with Gasteiger partial charge in [-0.3, -0.25) is 4.79 Å². The van der Waals surface area contributed by atoms with E-state index < -0.39 is 0 Å². The van der Waals surface area contributed by atoms with Crippen LogP contribution in [0.3, 0.4) is 0 Å². The molecule has 25 heavy (non-hydrogen) atoms. The SMILES string of the molecule is Cc1cc(N2CCN(C(=O)C3CCCO3)CC2)nc2c(C)cccc12. The Balaban J connectivity index is 1.50. The highest BCUT2D eigenvalue weighted by molar-refractivity contribution is 5.86. The lowest BCUT2D eigenvalue weighted by Crippen LogP contribution is -2.51. The molecule has 2 aliphatic heterocycles. The van der Waals surface area contributed by atoms with Crippen LogP contribution in [0.4, 0.5) is 5.82 Å². The van der Waals surface area contributed by atoms with E-state index in [4.69, 9.17) is 9.72 Å². The van der Waals surface area contributed by atoms with Gasteiger partial charge in [0.2, 0.25) is 0 Å². The third-order valence-electron chi connectivity index (χ3n) is 5.36. The number of fused-ring (bicyclic) bond motifs is 1. The molecule has 5 heteroatoms. The average Bonchev–Trinajstić information content (AvgIpc) is 3.17. The highest BCUT2D eigenvalue weighted by Gasteiger charge is 2.30. The van der Waals surface area contributed by atoms with Gasteiger partial charge in [0, 0.05) is 38.2 Å². The van der Waals surface area contributed by atoms with Crippen LogP contribution in [0.15, 0.2) is 24.3 Å². The Labute approximate surface area is 148 Å². The van der Waals surface area contributed by atoms with Gasteiger partial charge in [0.15, 0.2) is 0 Å². The highest BCUT2D eigenvalue weighted by atomic mass is 16.5. The van der Waals surface area contributed by atoms with Crippen molar-refractivity contribution < 1.29 is 9.53 Å². The molecule has 0 bridgehead atoms. The molecule has 5 nitrogen and oxygen atoms in total. The van der Waals surface area contributed by atoms with Crippen LogP contribution >= 0.6 is 0 Å². The molecule has 0 N–H and O–H groups in total. The Hall–Kier alpha value is -2.14. The molecule has 0 radical (unpaired) electrons. The molecule has 1 amide bonds. The van der Waals surface area contributed by atoms with Crippen molar-refractivity contribution in [2.75, 3.05) is 37.7 Å². The van der Waals surface area contributed by atoms with Gasteiger partial charge in [-0.15, -0.1) is 0 Å². The Bertz CT molecular complexity index is 791. The fraction of sp³-hybridized carbons (Fsp3) is 0.500. The number of pyridine rings is 1. The molecular weight excluding hydrogens is 314 g/mol. The van der Waals surface area contributed by atoms with Gasteiger partial charge in [-0.1, -0.05) is 18.2 Å². The fourth-order valence-electron chi connectivity index (χ4n) is 3.84. The van der Waals surface area contributed by atoms with Crippen molar-refractivity contribution in [3.63, 3.8) is 0 Å². The monoisotopic (exact) mass is 339 g/mol. The van der Waals surface area contributed by atoms with Crippen LogP contribution in [0.1, 0.15) is 24.0 Å². The van der Waals surface area contributed by atoms with Crippen molar-refractivity contribution in [1.82, 2.24) is 9.88 Å². The minimum absolute atomic E-state index is 0.163. The van der Waals surface area contributed by atoms with E-state index in [1.165, 1.54) is 16.5 Å². The van der Waals surface area contributed by atoms with Gasteiger partial charge < -0.3 is 14.5 Å². The third-order valence-corrected chi connectivity index (χ3v) is 5.36. The number of hydrogen-bond donors (Lipinski definition) is 0. The quantitative estimate of drug-likeness (QED) is 0.844. The number of amides is 1. The number of rotatable bonds is 2. The standard InChI is InChI=1S/C20H25N3O2/c1-14-5-3-6-16-15(2)13-18(21-19(14)16)22-8-10-23(11-9-22)20(24)17-7-4-12-25-17/h3,5-6,13,17H,4,7-12H2,1-2H3. The van der Waals surface area contributed by atoms with E-state index in [0.717, 1.165) is 57.0 Å². The maximum atomic E-state index is 12.5. The zero-order valence-electron chi connectivity index (χ0n) is 15.0. The minimum atomic E-state index is -0.213. The normalized spacial score (nSPS) is 21.1. The number of carbonyl (C=O) groups excluding carboxylic acids is 1. The number of para-hydroxylation sites is 1. The number of anilines is 1. The molecule has 2 aliphatic rings. The molecule has 2 saturated heterocycles. The molecule has 0 aliphatic carbocycles. The Morgan fingerprint density at radius 3 is 2.68 bits per heavy atom. The molecule has 1 unspecified atom stereocenters. The number of ether oxygens (including phenoxy) is 1. The number of hydrogen-bond acceptors (Lipinski definition) is 4. The van der Waals surface area contributed by atoms with E-state index in [-0.39, 0.29) is 12.0 Å². The summed E-state index contributed by atoms with van der Waals surface area (Å²) in [6.45, 7) is 8.10. The second kappa shape index (κ2) is 6.64. The molecule has 1 aromatic heterocycles. The summed E-state index contributed by atoms with van der Waals surface area (Å²) in [5, 5.41) is 1.22. The van der Waals surface area contributed by atoms with Crippen molar-refractivity contribution in [3.05, 3.63) is 35.4 Å². The number of carbonyl (C=O) groups is 1. The van der Waals surface area contributed by atoms with E-state index >= 15 is 0 Å². The van der Waals surface area contributed by atoms with E-state index in [1.807, 2.05) is 4.90 Å². The van der Waals surface area contributed by atoms with Gasteiger partial charge in [0.05, 0.1) is 5.52 Å². The van der Waals surface area contributed by atoms with Gasteiger partial charge in [-0.05, 0) is 43.9 Å². The van der Waals surface area contributed by atoms with Gasteiger partial charge in [0.25, 0.3) is 5.91 Å². The summed E-state index contributed by atoms with van der Waals surface area (Å²) in [5.74, 6) is 1.18. The number of piperazine rings is 1. The first-order chi connectivity index (χ1) is 12.1. The number of benzene rings is 1. The minimum Gasteiger partial charge on any atom is -0.368 e. The molecule has 2 aromatic rings. The Kier molecular flexibility index (Phi) is 4.34. The maximum absolute atomic E-state index is 12.5. The van der Waals surface area contributed by atoms with Gasteiger partial charge in [-0.25, -0.2) is 4.98 Å². The van der Waals surface area contributed by atoms with E-state index in [2.05, 4.69) is 43.0 Å². The first-order valence-electron chi connectivity index (χ1n) is 9.16. The van der Waals surface area contributed by atoms with Crippen molar-refractivity contribution in [3.8, 4) is 0 Å². The van der Waals surface area contributed by atoms with E-state index in [0.29, 0.717) is 0 Å². The molecule has 2 fully saturated rings. The Morgan fingerprint density at radius 1 is 1.16 bits per heavy atom. The summed E-state index contributed by atoms with van der Waals surface area (Å²) in [7, 11) is 0. The Morgan fingerprint density at radius 2 is 1.96 bits per heavy atom. The molecule has 0 saturated carbocycles. The molecule has 3 heterocycles. The van der Waals surface area contributed by atoms with Crippen molar-refractivity contribution in [2.45, 2.75) is 32.8 Å².